The Morgan fingerprint density at radius 1 is 1.00 bits per heavy atom. The summed E-state index contributed by atoms with van der Waals surface area (Å²) in [6, 6.07) is 14.4. The van der Waals surface area contributed by atoms with Crippen molar-refractivity contribution in [3.05, 3.63) is 52.0 Å². The van der Waals surface area contributed by atoms with Crippen LogP contribution in [0.25, 0.3) is 0 Å². The van der Waals surface area contributed by atoms with Gasteiger partial charge in [0.1, 0.15) is 6.07 Å². The van der Waals surface area contributed by atoms with Gasteiger partial charge in [-0.15, -0.1) is 0 Å². The Morgan fingerprint density at radius 3 is 2.47 bits per heavy atom. The molecule has 0 saturated heterocycles. The van der Waals surface area contributed by atoms with Crippen LogP contribution in [-0.2, 0) is 0 Å². The molecule has 0 aliphatic heterocycles. The van der Waals surface area contributed by atoms with Gasteiger partial charge in [-0.1, -0.05) is 15.9 Å². The largest absolute Gasteiger partial charge is 0.397 e. The van der Waals surface area contributed by atoms with Gasteiger partial charge in [0, 0.05) is 4.47 Å². The number of nitrogens with one attached hydrogen (secondary N) is 1. The van der Waals surface area contributed by atoms with E-state index < -0.39 is 0 Å². The molecule has 0 aromatic heterocycles. The summed E-state index contributed by atoms with van der Waals surface area (Å²) in [7, 11) is 0. The lowest BCUT2D eigenvalue weighted by Crippen LogP contribution is -1.98. The van der Waals surface area contributed by atoms with Gasteiger partial charge in [-0.05, 0) is 36.4 Å². The molecule has 92 valence electrons. The number of hydrogen-bond donors (Lipinski definition) is 2. The Kier molecular flexibility index (Phi) is 3.70. The maximum atomic E-state index is 9.10. The molecular weight excluding hydrogens is 304 g/mol. The van der Waals surface area contributed by atoms with Crippen molar-refractivity contribution in [3.8, 4) is 12.1 Å². The molecule has 2 aromatic carbocycles. The fraction of sp³-hybridized carbons (Fsp3) is 0. The Balaban J connectivity index is 2.42. The third-order valence-electron chi connectivity index (χ3n) is 2.55. The lowest BCUT2D eigenvalue weighted by molar-refractivity contribution is 1.44. The maximum absolute atomic E-state index is 9.10. The average Bonchev–Trinajstić information content (AvgIpc) is 2.43. The van der Waals surface area contributed by atoms with E-state index in [1.165, 1.54) is 0 Å². The summed E-state index contributed by atoms with van der Waals surface area (Å²) in [6.45, 7) is 0. The molecule has 0 radical (unpaired) electrons. The van der Waals surface area contributed by atoms with E-state index in [0.29, 0.717) is 28.2 Å². The van der Waals surface area contributed by atoms with Crippen LogP contribution in [0.5, 0.6) is 0 Å². The zero-order chi connectivity index (χ0) is 13.8. The Hall–Kier alpha value is -2.50. The fourth-order valence-electron chi connectivity index (χ4n) is 1.60. The van der Waals surface area contributed by atoms with E-state index in [9.17, 15) is 0 Å². The first-order chi connectivity index (χ1) is 9.13. The van der Waals surface area contributed by atoms with Gasteiger partial charge < -0.3 is 11.1 Å². The number of nitrogens with two attached hydrogens (primary N) is 1. The highest BCUT2D eigenvalue weighted by molar-refractivity contribution is 9.10. The topological polar surface area (TPSA) is 85.6 Å². The normalized spacial score (nSPS) is 9.42. The van der Waals surface area contributed by atoms with Crippen molar-refractivity contribution >= 4 is 33.0 Å². The zero-order valence-electron chi connectivity index (χ0n) is 9.81. The van der Waals surface area contributed by atoms with Gasteiger partial charge >= 0.3 is 0 Å². The smallest absolute Gasteiger partial charge is 0.101 e. The van der Waals surface area contributed by atoms with Crippen LogP contribution < -0.4 is 11.1 Å². The van der Waals surface area contributed by atoms with Gasteiger partial charge in [-0.25, -0.2) is 0 Å². The second-order valence-electron chi connectivity index (χ2n) is 3.84. The number of halogens is 1. The number of nitrogens with zero attached hydrogens (tertiary/aromatic N) is 2. The van der Waals surface area contributed by atoms with E-state index >= 15 is 0 Å². The number of nitrogen functional groups attached to an aromatic ring is 1. The SMILES string of the molecule is N#Cc1ccc(N)c(Nc2ccc(Br)cc2C#N)c1. The summed E-state index contributed by atoms with van der Waals surface area (Å²) in [5, 5.41) is 21.0. The van der Waals surface area contributed by atoms with Gasteiger partial charge in [0.25, 0.3) is 0 Å². The summed E-state index contributed by atoms with van der Waals surface area (Å²) in [4.78, 5) is 0. The van der Waals surface area contributed by atoms with Crippen LogP contribution in [0.1, 0.15) is 11.1 Å². The van der Waals surface area contributed by atoms with Crippen molar-refractivity contribution in [2.75, 3.05) is 11.1 Å². The number of anilines is 3. The highest BCUT2D eigenvalue weighted by atomic mass is 79.9. The van der Waals surface area contributed by atoms with E-state index in [1.807, 2.05) is 6.07 Å². The molecule has 0 spiro atoms. The number of nitriles is 2. The van der Waals surface area contributed by atoms with Crippen LogP contribution in [0.3, 0.4) is 0 Å². The average molecular weight is 313 g/mol. The van der Waals surface area contributed by atoms with E-state index in [-0.39, 0.29) is 0 Å². The van der Waals surface area contributed by atoms with Gasteiger partial charge in [0.05, 0.1) is 34.3 Å². The molecule has 0 aliphatic carbocycles. The quantitative estimate of drug-likeness (QED) is 0.831. The molecule has 0 aliphatic rings. The molecule has 0 fully saturated rings. The predicted molar refractivity (Wildman–Crippen MR) is 77.7 cm³/mol. The molecule has 0 bridgehead atoms. The van der Waals surface area contributed by atoms with Crippen LogP contribution >= 0.6 is 15.9 Å². The maximum Gasteiger partial charge on any atom is 0.101 e. The van der Waals surface area contributed by atoms with Crippen LogP contribution in [0, 0.1) is 22.7 Å². The molecule has 0 unspecified atom stereocenters. The van der Waals surface area contributed by atoms with Gasteiger partial charge in [-0.3, -0.25) is 0 Å². The van der Waals surface area contributed by atoms with E-state index in [4.69, 9.17) is 16.3 Å². The summed E-state index contributed by atoms with van der Waals surface area (Å²) >= 11 is 3.31. The zero-order valence-corrected chi connectivity index (χ0v) is 11.4. The first-order valence-corrected chi connectivity index (χ1v) is 6.19. The molecule has 4 nitrogen and oxygen atoms in total. The molecular formula is C14H9BrN4. The van der Waals surface area contributed by atoms with Crippen molar-refractivity contribution in [3.63, 3.8) is 0 Å². The fourth-order valence-corrected chi connectivity index (χ4v) is 1.96. The minimum Gasteiger partial charge on any atom is -0.397 e. The highest BCUT2D eigenvalue weighted by Crippen LogP contribution is 2.27. The molecule has 0 saturated carbocycles. The molecule has 0 amide bonds. The van der Waals surface area contributed by atoms with Gasteiger partial charge in [0.15, 0.2) is 0 Å². The first-order valence-electron chi connectivity index (χ1n) is 5.40. The molecule has 0 atom stereocenters. The van der Waals surface area contributed by atoms with Crippen molar-refractivity contribution in [2.24, 2.45) is 0 Å². The van der Waals surface area contributed by atoms with Crippen molar-refractivity contribution < 1.29 is 0 Å². The third-order valence-corrected chi connectivity index (χ3v) is 3.05. The highest BCUT2D eigenvalue weighted by Gasteiger charge is 2.06. The number of rotatable bonds is 2. The van der Waals surface area contributed by atoms with E-state index in [1.54, 1.807) is 30.3 Å². The Bertz CT molecular complexity index is 710. The third kappa shape index (κ3) is 2.85. The summed E-state index contributed by atoms with van der Waals surface area (Å²) in [5.41, 5.74) is 8.63. The first kappa shape index (κ1) is 12.9. The van der Waals surface area contributed by atoms with Crippen molar-refractivity contribution in [2.45, 2.75) is 0 Å². The van der Waals surface area contributed by atoms with Crippen LogP contribution in [-0.4, -0.2) is 0 Å². The molecule has 19 heavy (non-hydrogen) atoms. The monoisotopic (exact) mass is 312 g/mol. The molecule has 3 N–H and O–H groups in total. The standard InChI is InChI=1S/C14H9BrN4/c15-11-2-4-13(10(6-11)8-17)19-14-5-9(7-16)1-3-12(14)18/h1-6,19H,18H2. The second-order valence-corrected chi connectivity index (χ2v) is 4.76. The number of benzene rings is 2. The Labute approximate surface area is 119 Å². The lowest BCUT2D eigenvalue weighted by atomic mass is 10.1. The van der Waals surface area contributed by atoms with E-state index in [2.05, 4.69) is 33.4 Å². The minimum atomic E-state index is 0.496. The van der Waals surface area contributed by atoms with Crippen molar-refractivity contribution in [1.29, 1.82) is 10.5 Å². The van der Waals surface area contributed by atoms with Crippen LogP contribution in [0.2, 0.25) is 0 Å². The van der Waals surface area contributed by atoms with Gasteiger partial charge in [0.2, 0.25) is 0 Å². The molecule has 5 heteroatoms. The van der Waals surface area contributed by atoms with Crippen LogP contribution in [0.4, 0.5) is 17.1 Å². The summed E-state index contributed by atoms with van der Waals surface area (Å²) in [6.07, 6.45) is 0. The molecule has 2 rings (SSSR count). The number of hydrogen-bond acceptors (Lipinski definition) is 4. The van der Waals surface area contributed by atoms with Gasteiger partial charge in [-0.2, -0.15) is 10.5 Å². The minimum absolute atomic E-state index is 0.496. The van der Waals surface area contributed by atoms with E-state index in [0.717, 1.165) is 4.47 Å². The van der Waals surface area contributed by atoms with Crippen molar-refractivity contribution in [1.82, 2.24) is 0 Å². The Morgan fingerprint density at radius 2 is 1.79 bits per heavy atom. The summed E-state index contributed by atoms with van der Waals surface area (Å²) in [5.74, 6) is 0. The molecule has 2 aromatic rings. The lowest BCUT2D eigenvalue weighted by Gasteiger charge is -2.11. The summed E-state index contributed by atoms with van der Waals surface area (Å²) < 4.78 is 0.827. The second kappa shape index (κ2) is 5.43. The van der Waals surface area contributed by atoms with Crippen LogP contribution in [0.15, 0.2) is 40.9 Å². The molecule has 0 heterocycles. The predicted octanol–water partition coefficient (Wildman–Crippen LogP) is 3.52.